The van der Waals surface area contributed by atoms with Crippen LogP contribution in [0.1, 0.15) is 42.5 Å². The van der Waals surface area contributed by atoms with Crippen LogP contribution in [-0.4, -0.2) is 43.0 Å². The average Bonchev–Trinajstić information content (AvgIpc) is 2.54. The van der Waals surface area contributed by atoms with Gasteiger partial charge in [-0.05, 0) is 49.9 Å². The predicted molar refractivity (Wildman–Crippen MR) is 87.4 cm³/mol. The third-order valence-corrected chi connectivity index (χ3v) is 4.95. The van der Waals surface area contributed by atoms with E-state index in [1.54, 1.807) is 31.4 Å². The second-order valence-electron chi connectivity index (χ2n) is 6.43. The van der Waals surface area contributed by atoms with E-state index in [0.29, 0.717) is 11.5 Å². The van der Waals surface area contributed by atoms with E-state index < -0.39 is 0 Å². The molecule has 1 aromatic rings. The fourth-order valence-corrected chi connectivity index (χ4v) is 3.17. The molecule has 2 amide bonds. The summed E-state index contributed by atoms with van der Waals surface area (Å²) in [5, 5.41) is 3.07. The van der Waals surface area contributed by atoms with Crippen molar-refractivity contribution in [1.29, 1.82) is 0 Å². The Morgan fingerprint density at radius 2 is 1.74 bits per heavy atom. The fraction of sp³-hybridized carbons (Fsp3) is 0.556. The number of methoxy groups -OCH3 is 1. The molecule has 23 heavy (non-hydrogen) atoms. The van der Waals surface area contributed by atoms with Gasteiger partial charge in [0, 0.05) is 30.6 Å². The zero-order valence-corrected chi connectivity index (χ0v) is 13.6. The fourth-order valence-electron chi connectivity index (χ4n) is 3.17. The summed E-state index contributed by atoms with van der Waals surface area (Å²) in [6, 6.07) is 7.26. The number of hydrogen-bond donors (Lipinski definition) is 1. The van der Waals surface area contributed by atoms with Crippen molar-refractivity contribution in [3.63, 3.8) is 0 Å². The zero-order chi connectivity index (χ0) is 16.2. The van der Waals surface area contributed by atoms with Crippen LogP contribution in [0.4, 0.5) is 0 Å². The lowest BCUT2D eigenvalue weighted by Gasteiger charge is -2.36. The summed E-state index contributed by atoms with van der Waals surface area (Å²) in [5.74, 6) is 1.26. The van der Waals surface area contributed by atoms with Crippen molar-refractivity contribution >= 4 is 11.8 Å². The molecule has 3 rings (SSSR count). The molecular formula is C18H24N2O3. The van der Waals surface area contributed by atoms with E-state index in [1.807, 2.05) is 4.90 Å². The summed E-state index contributed by atoms with van der Waals surface area (Å²) in [5.41, 5.74) is 0.638. The van der Waals surface area contributed by atoms with Gasteiger partial charge in [0.25, 0.3) is 5.91 Å². The molecule has 2 fully saturated rings. The van der Waals surface area contributed by atoms with Crippen molar-refractivity contribution in [2.24, 2.45) is 5.92 Å². The highest BCUT2D eigenvalue weighted by Gasteiger charge is 2.31. The second-order valence-corrected chi connectivity index (χ2v) is 6.43. The van der Waals surface area contributed by atoms with Gasteiger partial charge in [0.2, 0.25) is 5.91 Å². The normalized spacial score (nSPS) is 19.1. The monoisotopic (exact) mass is 316 g/mol. The van der Waals surface area contributed by atoms with E-state index in [4.69, 9.17) is 4.74 Å². The van der Waals surface area contributed by atoms with E-state index in [2.05, 4.69) is 5.32 Å². The summed E-state index contributed by atoms with van der Waals surface area (Å²) >= 11 is 0. The first-order valence-electron chi connectivity index (χ1n) is 8.41. The number of ether oxygens (including phenoxy) is 1. The number of hydrogen-bond acceptors (Lipinski definition) is 3. The molecule has 1 aliphatic heterocycles. The van der Waals surface area contributed by atoms with E-state index in [1.165, 1.54) is 6.42 Å². The average molecular weight is 316 g/mol. The maximum Gasteiger partial charge on any atom is 0.251 e. The lowest BCUT2D eigenvalue weighted by atomic mass is 9.84. The lowest BCUT2D eigenvalue weighted by Crippen LogP contribution is -2.48. The van der Waals surface area contributed by atoms with Gasteiger partial charge in [0.1, 0.15) is 5.75 Å². The van der Waals surface area contributed by atoms with Gasteiger partial charge < -0.3 is 15.0 Å². The van der Waals surface area contributed by atoms with Crippen LogP contribution in [0.5, 0.6) is 5.75 Å². The van der Waals surface area contributed by atoms with E-state index in [0.717, 1.165) is 44.5 Å². The molecule has 0 aromatic heterocycles. The smallest absolute Gasteiger partial charge is 0.251 e. The van der Waals surface area contributed by atoms with E-state index in [9.17, 15) is 9.59 Å². The third-order valence-electron chi connectivity index (χ3n) is 4.95. The number of amides is 2. The van der Waals surface area contributed by atoms with Gasteiger partial charge in [0.05, 0.1) is 7.11 Å². The number of nitrogens with zero attached hydrogens (tertiary/aromatic N) is 1. The Balaban J connectivity index is 1.47. The van der Waals surface area contributed by atoms with Crippen molar-refractivity contribution in [2.75, 3.05) is 20.2 Å². The highest BCUT2D eigenvalue weighted by molar-refractivity contribution is 5.94. The largest absolute Gasteiger partial charge is 0.497 e. The Kier molecular flexibility index (Phi) is 4.84. The van der Waals surface area contributed by atoms with E-state index >= 15 is 0 Å². The molecule has 0 bridgehead atoms. The SMILES string of the molecule is COc1ccc(C(=O)NC2CCN(C(=O)C3CCC3)CC2)cc1. The molecule has 0 spiro atoms. The van der Waals surface area contributed by atoms with Crippen LogP contribution in [0.25, 0.3) is 0 Å². The minimum absolute atomic E-state index is 0.0589. The minimum Gasteiger partial charge on any atom is -0.497 e. The summed E-state index contributed by atoms with van der Waals surface area (Å²) in [6.07, 6.45) is 4.95. The van der Waals surface area contributed by atoms with Crippen molar-refractivity contribution in [3.05, 3.63) is 29.8 Å². The number of likely N-dealkylation sites (tertiary alicyclic amines) is 1. The zero-order valence-electron chi connectivity index (χ0n) is 13.6. The molecule has 2 aliphatic rings. The first kappa shape index (κ1) is 15.8. The second kappa shape index (κ2) is 7.02. The Bertz CT molecular complexity index is 558. The van der Waals surface area contributed by atoms with Gasteiger partial charge in [-0.3, -0.25) is 9.59 Å². The van der Waals surface area contributed by atoms with Gasteiger partial charge in [-0.25, -0.2) is 0 Å². The number of carbonyl (C=O) groups is 2. The van der Waals surface area contributed by atoms with Gasteiger partial charge >= 0.3 is 0 Å². The van der Waals surface area contributed by atoms with Crippen molar-refractivity contribution in [2.45, 2.75) is 38.1 Å². The summed E-state index contributed by atoms with van der Waals surface area (Å²) in [7, 11) is 1.60. The molecule has 1 heterocycles. The van der Waals surface area contributed by atoms with Crippen molar-refractivity contribution in [1.82, 2.24) is 10.2 Å². The Hall–Kier alpha value is -2.04. The number of carbonyl (C=O) groups excluding carboxylic acids is 2. The maximum atomic E-state index is 12.3. The topological polar surface area (TPSA) is 58.6 Å². The Morgan fingerprint density at radius 3 is 2.26 bits per heavy atom. The highest BCUT2D eigenvalue weighted by Crippen LogP contribution is 2.29. The molecular weight excluding hydrogens is 292 g/mol. The predicted octanol–water partition coefficient (Wildman–Crippen LogP) is 2.22. The molecule has 1 aliphatic carbocycles. The summed E-state index contributed by atoms with van der Waals surface area (Å²) in [4.78, 5) is 26.4. The number of piperidine rings is 1. The standard InChI is InChI=1S/C18H24N2O3/c1-23-16-7-5-13(6-8-16)17(21)19-15-9-11-20(12-10-15)18(22)14-3-2-4-14/h5-8,14-15H,2-4,9-12H2,1H3,(H,19,21). The maximum absolute atomic E-state index is 12.3. The van der Waals surface area contributed by atoms with Crippen LogP contribution in [0.15, 0.2) is 24.3 Å². The van der Waals surface area contributed by atoms with Crippen LogP contribution in [0.3, 0.4) is 0 Å². The number of benzene rings is 1. The minimum atomic E-state index is -0.0589. The van der Waals surface area contributed by atoms with Crippen molar-refractivity contribution in [3.8, 4) is 5.75 Å². The van der Waals surface area contributed by atoms with Crippen LogP contribution in [0, 0.1) is 5.92 Å². The third kappa shape index (κ3) is 3.66. The van der Waals surface area contributed by atoms with E-state index in [-0.39, 0.29) is 17.9 Å². The quantitative estimate of drug-likeness (QED) is 0.926. The molecule has 0 unspecified atom stereocenters. The van der Waals surface area contributed by atoms with Gasteiger partial charge in [-0.2, -0.15) is 0 Å². The number of nitrogens with one attached hydrogen (secondary N) is 1. The Morgan fingerprint density at radius 1 is 1.09 bits per heavy atom. The van der Waals surface area contributed by atoms with Gasteiger partial charge in [-0.15, -0.1) is 0 Å². The van der Waals surface area contributed by atoms with Crippen LogP contribution in [0.2, 0.25) is 0 Å². The Labute approximate surface area is 137 Å². The molecule has 1 N–H and O–H groups in total. The molecule has 1 aromatic carbocycles. The van der Waals surface area contributed by atoms with Crippen LogP contribution < -0.4 is 10.1 Å². The first-order valence-corrected chi connectivity index (χ1v) is 8.41. The first-order chi connectivity index (χ1) is 11.2. The molecule has 124 valence electrons. The van der Waals surface area contributed by atoms with Crippen molar-refractivity contribution < 1.29 is 14.3 Å². The number of rotatable bonds is 4. The van der Waals surface area contributed by atoms with Crippen LogP contribution in [-0.2, 0) is 4.79 Å². The van der Waals surface area contributed by atoms with Gasteiger partial charge in [0.15, 0.2) is 0 Å². The lowest BCUT2D eigenvalue weighted by molar-refractivity contribution is -0.139. The van der Waals surface area contributed by atoms with Gasteiger partial charge in [-0.1, -0.05) is 6.42 Å². The molecule has 5 nitrogen and oxygen atoms in total. The highest BCUT2D eigenvalue weighted by atomic mass is 16.5. The summed E-state index contributed by atoms with van der Waals surface area (Å²) in [6.45, 7) is 1.51. The molecule has 1 saturated carbocycles. The van der Waals surface area contributed by atoms with Crippen LogP contribution >= 0.6 is 0 Å². The molecule has 0 atom stereocenters. The summed E-state index contributed by atoms with van der Waals surface area (Å²) < 4.78 is 5.10. The molecule has 0 radical (unpaired) electrons. The molecule has 5 heteroatoms. The molecule has 1 saturated heterocycles.